The van der Waals surface area contributed by atoms with Gasteiger partial charge in [-0.3, -0.25) is 9.10 Å². The molecular formula is C23H22N2O3S. The van der Waals surface area contributed by atoms with Gasteiger partial charge in [0.25, 0.3) is 15.9 Å². The van der Waals surface area contributed by atoms with Gasteiger partial charge in [-0.1, -0.05) is 36.4 Å². The second kappa shape index (κ2) is 7.72. The maximum atomic E-state index is 13.2. The average Bonchev–Trinajstić information content (AvgIpc) is 2.74. The highest BCUT2D eigenvalue weighted by atomic mass is 32.2. The standard InChI is InChI=1S/C23H22N2O3S/c1-17-7-2-4-10-21(17)23(26)24-19-12-14-20(15-13-19)29(27,28)25-16-6-9-18-8-3-5-11-22(18)25/h2-5,7-8,10-15H,6,9,16H2,1H3,(H,24,26). The van der Waals surface area contributed by atoms with E-state index in [0.29, 0.717) is 17.8 Å². The van der Waals surface area contributed by atoms with Crippen molar-refractivity contribution in [3.05, 3.63) is 89.5 Å². The monoisotopic (exact) mass is 406 g/mol. The number of nitrogens with one attached hydrogen (secondary N) is 1. The Bertz CT molecular complexity index is 1150. The van der Waals surface area contributed by atoms with Gasteiger partial charge in [-0.25, -0.2) is 8.42 Å². The minimum atomic E-state index is -3.66. The second-order valence-corrected chi connectivity index (χ2v) is 8.97. The van der Waals surface area contributed by atoms with Crippen LogP contribution in [0.4, 0.5) is 11.4 Å². The molecule has 3 aromatic rings. The largest absolute Gasteiger partial charge is 0.322 e. The Labute approximate surface area is 171 Å². The normalized spacial score (nSPS) is 13.6. The van der Waals surface area contributed by atoms with Gasteiger partial charge < -0.3 is 5.32 Å². The summed E-state index contributed by atoms with van der Waals surface area (Å²) in [7, 11) is -3.66. The number of amides is 1. The zero-order valence-electron chi connectivity index (χ0n) is 16.1. The molecule has 0 unspecified atom stereocenters. The smallest absolute Gasteiger partial charge is 0.264 e. The fourth-order valence-corrected chi connectivity index (χ4v) is 5.15. The van der Waals surface area contributed by atoms with Crippen LogP contribution in [0.1, 0.15) is 27.9 Å². The number of carbonyl (C=O) groups is 1. The van der Waals surface area contributed by atoms with Crippen molar-refractivity contribution in [3.63, 3.8) is 0 Å². The minimum absolute atomic E-state index is 0.211. The number of hydrogen-bond donors (Lipinski definition) is 1. The van der Waals surface area contributed by atoms with Gasteiger partial charge in [-0.15, -0.1) is 0 Å². The summed E-state index contributed by atoms with van der Waals surface area (Å²) in [5.74, 6) is -0.219. The molecule has 0 bridgehead atoms. The van der Waals surface area contributed by atoms with Crippen molar-refractivity contribution in [2.75, 3.05) is 16.2 Å². The Kier molecular flexibility index (Phi) is 5.11. The Hall–Kier alpha value is -3.12. The highest BCUT2D eigenvalue weighted by Crippen LogP contribution is 2.32. The van der Waals surface area contributed by atoms with Crippen molar-refractivity contribution in [1.82, 2.24) is 0 Å². The van der Waals surface area contributed by atoms with Gasteiger partial charge >= 0.3 is 0 Å². The first-order valence-electron chi connectivity index (χ1n) is 9.54. The molecule has 5 nitrogen and oxygen atoms in total. The third-order valence-corrected chi connectivity index (χ3v) is 6.98. The number of aryl methyl sites for hydroxylation is 2. The molecule has 0 saturated carbocycles. The van der Waals surface area contributed by atoms with Gasteiger partial charge in [0.05, 0.1) is 10.6 Å². The van der Waals surface area contributed by atoms with Crippen LogP contribution in [0.2, 0.25) is 0 Å². The highest BCUT2D eigenvalue weighted by Gasteiger charge is 2.28. The van der Waals surface area contributed by atoms with Gasteiger partial charge in [-0.2, -0.15) is 0 Å². The van der Waals surface area contributed by atoms with E-state index >= 15 is 0 Å². The lowest BCUT2D eigenvalue weighted by atomic mass is 10.0. The molecule has 6 heteroatoms. The van der Waals surface area contributed by atoms with E-state index in [-0.39, 0.29) is 10.8 Å². The van der Waals surface area contributed by atoms with Crippen LogP contribution in [0.15, 0.2) is 77.7 Å². The summed E-state index contributed by atoms with van der Waals surface area (Å²) in [4.78, 5) is 12.7. The molecule has 1 heterocycles. The summed E-state index contributed by atoms with van der Waals surface area (Å²) in [5.41, 5.74) is 3.82. The zero-order chi connectivity index (χ0) is 20.4. The Morgan fingerprint density at radius 2 is 1.62 bits per heavy atom. The molecule has 1 N–H and O–H groups in total. The lowest BCUT2D eigenvalue weighted by Crippen LogP contribution is -2.35. The number of fused-ring (bicyclic) bond motifs is 1. The molecule has 148 valence electrons. The fourth-order valence-electron chi connectivity index (χ4n) is 3.61. The molecule has 0 radical (unpaired) electrons. The number of hydrogen-bond acceptors (Lipinski definition) is 3. The molecule has 1 aliphatic rings. The fraction of sp³-hybridized carbons (Fsp3) is 0.174. The summed E-state index contributed by atoms with van der Waals surface area (Å²) in [5, 5.41) is 2.83. The average molecular weight is 407 g/mol. The highest BCUT2D eigenvalue weighted by molar-refractivity contribution is 7.92. The second-order valence-electron chi connectivity index (χ2n) is 7.10. The molecule has 0 fully saturated rings. The van der Waals surface area contributed by atoms with Crippen molar-refractivity contribution in [2.24, 2.45) is 0 Å². The van der Waals surface area contributed by atoms with Crippen LogP contribution < -0.4 is 9.62 Å². The Morgan fingerprint density at radius 3 is 2.38 bits per heavy atom. The Morgan fingerprint density at radius 1 is 0.931 bits per heavy atom. The molecule has 1 aliphatic heterocycles. The molecule has 4 rings (SSSR count). The molecule has 0 saturated heterocycles. The number of rotatable bonds is 4. The van der Waals surface area contributed by atoms with E-state index in [9.17, 15) is 13.2 Å². The number of benzene rings is 3. The SMILES string of the molecule is Cc1ccccc1C(=O)Nc1ccc(S(=O)(=O)N2CCCc3ccccc32)cc1. The maximum Gasteiger partial charge on any atom is 0.264 e. The van der Waals surface area contributed by atoms with Gasteiger partial charge in [-0.05, 0) is 67.3 Å². The van der Waals surface area contributed by atoms with Crippen LogP contribution in [-0.2, 0) is 16.4 Å². The van der Waals surface area contributed by atoms with Crippen LogP contribution in [-0.4, -0.2) is 20.9 Å². The Balaban J connectivity index is 1.57. The summed E-state index contributed by atoms with van der Waals surface area (Å²) < 4.78 is 27.9. The van der Waals surface area contributed by atoms with Crippen LogP contribution in [0.5, 0.6) is 0 Å². The number of nitrogens with zero attached hydrogens (tertiary/aromatic N) is 1. The predicted octanol–water partition coefficient (Wildman–Crippen LogP) is 4.39. The van der Waals surface area contributed by atoms with E-state index < -0.39 is 10.0 Å². The van der Waals surface area contributed by atoms with Gasteiger partial charge in [0.1, 0.15) is 0 Å². The molecule has 0 spiro atoms. The van der Waals surface area contributed by atoms with E-state index in [0.717, 1.165) is 29.7 Å². The molecule has 0 aromatic heterocycles. The first-order valence-corrected chi connectivity index (χ1v) is 11.0. The van der Waals surface area contributed by atoms with Crippen molar-refractivity contribution in [2.45, 2.75) is 24.7 Å². The zero-order valence-corrected chi connectivity index (χ0v) is 16.9. The lowest BCUT2D eigenvalue weighted by Gasteiger charge is -2.30. The van der Waals surface area contributed by atoms with Crippen LogP contribution in [0, 0.1) is 6.92 Å². The van der Waals surface area contributed by atoms with Crippen molar-refractivity contribution < 1.29 is 13.2 Å². The molecular weight excluding hydrogens is 384 g/mol. The molecule has 3 aromatic carbocycles. The van der Waals surface area contributed by atoms with Crippen LogP contribution in [0.25, 0.3) is 0 Å². The van der Waals surface area contributed by atoms with Gasteiger partial charge in [0.15, 0.2) is 0 Å². The summed E-state index contributed by atoms with van der Waals surface area (Å²) in [6.45, 7) is 2.34. The number of carbonyl (C=O) groups excluding carboxylic acids is 1. The van der Waals surface area contributed by atoms with E-state index in [1.807, 2.05) is 49.4 Å². The van der Waals surface area contributed by atoms with Crippen LogP contribution >= 0.6 is 0 Å². The number of para-hydroxylation sites is 1. The third kappa shape index (κ3) is 3.76. The molecule has 1 amide bonds. The molecule has 29 heavy (non-hydrogen) atoms. The van der Waals surface area contributed by atoms with E-state index in [2.05, 4.69) is 5.32 Å². The quantitative estimate of drug-likeness (QED) is 0.699. The van der Waals surface area contributed by atoms with Crippen molar-refractivity contribution >= 4 is 27.3 Å². The third-order valence-electron chi connectivity index (χ3n) is 5.16. The summed E-state index contributed by atoms with van der Waals surface area (Å²) >= 11 is 0. The van der Waals surface area contributed by atoms with Gasteiger partial charge in [0, 0.05) is 17.8 Å². The predicted molar refractivity (Wildman–Crippen MR) is 115 cm³/mol. The van der Waals surface area contributed by atoms with Crippen molar-refractivity contribution in [3.8, 4) is 0 Å². The van der Waals surface area contributed by atoms with E-state index in [1.54, 1.807) is 30.3 Å². The first kappa shape index (κ1) is 19.2. The van der Waals surface area contributed by atoms with E-state index in [4.69, 9.17) is 0 Å². The topological polar surface area (TPSA) is 66.5 Å². The summed E-state index contributed by atoms with van der Waals surface area (Å²) in [6, 6.07) is 21.3. The first-order chi connectivity index (χ1) is 14.0. The van der Waals surface area contributed by atoms with E-state index in [1.165, 1.54) is 4.31 Å². The van der Waals surface area contributed by atoms with Crippen molar-refractivity contribution in [1.29, 1.82) is 0 Å². The summed E-state index contributed by atoms with van der Waals surface area (Å²) in [6.07, 6.45) is 1.67. The molecule has 0 atom stereocenters. The lowest BCUT2D eigenvalue weighted by molar-refractivity contribution is 0.102. The number of sulfonamides is 1. The minimum Gasteiger partial charge on any atom is -0.322 e. The van der Waals surface area contributed by atoms with Crippen LogP contribution in [0.3, 0.4) is 0 Å². The maximum absolute atomic E-state index is 13.2. The number of anilines is 2. The van der Waals surface area contributed by atoms with Gasteiger partial charge in [0.2, 0.25) is 0 Å². The molecule has 0 aliphatic carbocycles.